The number of hydrogen-bond donors (Lipinski definition) is 1. The summed E-state index contributed by atoms with van der Waals surface area (Å²) in [4.78, 5) is 46.2. The molecule has 1 N–H and O–H groups in total. The Balaban J connectivity index is 1.68. The number of aromatic nitrogens is 2. The third-order valence-corrected chi connectivity index (χ3v) is 6.71. The van der Waals surface area contributed by atoms with Crippen molar-refractivity contribution in [3.63, 3.8) is 0 Å². The fourth-order valence-electron chi connectivity index (χ4n) is 4.01. The van der Waals surface area contributed by atoms with Gasteiger partial charge in [0.25, 0.3) is 11.5 Å². The lowest BCUT2D eigenvalue weighted by Crippen LogP contribution is -2.56. The molecule has 1 aliphatic rings. The summed E-state index contributed by atoms with van der Waals surface area (Å²) in [5.41, 5.74) is 0.785. The van der Waals surface area contributed by atoms with Gasteiger partial charge in [-0.25, -0.2) is 4.98 Å². The molecule has 0 radical (unpaired) electrons. The van der Waals surface area contributed by atoms with E-state index in [4.69, 9.17) is 11.6 Å². The van der Waals surface area contributed by atoms with E-state index in [0.717, 1.165) is 10.5 Å². The standard InChI is InChI=1S/C24H25ClN4O3S/c1-24(2)13-28(14-24)20(30)12-29-21-17(19(33-3)8-9-26-21)10-18(23(29)32)22(31)27-11-15-4-6-16(25)7-5-15/h4-10H,11-14H2,1-3H3,(H,27,31). The largest absolute Gasteiger partial charge is 0.348 e. The number of nitrogens with zero attached hydrogens (tertiary/aromatic N) is 3. The second-order valence-corrected chi connectivity index (χ2v) is 10.2. The van der Waals surface area contributed by atoms with E-state index in [2.05, 4.69) is 24.1 Å². The second-order valence-electron chi connectivity index (χ2n) is 8.92. The Hall–Kier alpha value is -2.84. The van der Waals surface area contributed by atoms with Crippen LogP contribution < -0.4 is 10.9 Å². The first-order valence-electron chi connectivity index (χ1n) is 10.6. The van der Waals surface area contributed by atoms with Crippen molar-refractivity contribution >= 4 is 46.2 Å². The number of carbonyl (C=O) groups is 2. The summed E-state index contributed by atoms with van der Waals surface area (Å²) in [6.07, 6.45) is 3.53. The fourth-order valence-corrected chi connectivity index (χ4v) is 4.70. The molecule has 0 spiro atoms. The van der Waals surface area contributed by atoms with E-state index in [-0.39, 0.29) is 30.0 Å². The molecule has 3 heterocycles. The lowest BCUT2D eigenvalue weighted by atomic mass is 9.84. The summed E-state index contributed by atoms with van der Waals surface area (Å²) >= 11 is 7.41. The Morgan fingerprint density at radius 1 is 1.18 bits per heavy atom. The van der Waals surface area contributed by atoms with Gasteiger partial charge >= 0.3 is 0 Å². The van der Waals surface area contributed by atoms with Gasteiger partial charge in [0.15, 0.2) is 0 Å². The number of likely N-dealkylation sites (tertiary alicyclic amines) is 1. The van der Waals surface area contributed by atoms with Gasteiger partial charge in [-0.15, -0.1) is 11.8 Å². The van der Waals surface area contributed by atoms with Crippen LogP contribution in [0.25, 0.3) is 11.0 Å². The Morgan fingerprint density at radius 2 is 1.88 bits per heavy atom. The van der Waals surface area contributed by atoms with Gasteiger partial charge in [-0.05, 0) is 41.5 Å². The monoisotopic (exact) mass is 484 g/mol. The molecular formula is C24H25ClN4O3S. The van der Waals surface area contributed by atoms with Crippen LogP contribution in [0.2, 0.25) is 5.02 Å². The zero-order valence-corrected chi connectivity index (χ0v) is 20.3. The molecule has 2 amide bonds. The molecule has 7 nitrogen and oxygen atoms in total. The minimum Gasteiger partial charge on any atom is -0.348 e. The van der Waals surface area contributed by atoms with Crippen molar-refractivity contribution in [2.75, 3.05) is 19.3 Å². The predicted molar refractivity (Wildman–Crippen MR) is 131 cm³/mol. The maximum absolute atomic E-state index is 13.3. The number of thioether (sulfide) groups is 1. The van der Waals surface area contributed by atoms with Gasteiger partial charge in [0.1, 0.15) is 17.8 Å². The van der Waals surface area contributed by atoms with Crippen molar-refractivity contribution in [2.45, 2.75) is 31.8 Å². The topological polar surface area (TPSA) is 84.3 Å². The average Bonchev–Trinajstić information content (AvgIpc) is 2.77. The number of rotatable bonds is 6. The van der Waals surface area contributed by atoms with E-state index in [1.165, 1.54) is 16.3 Å². The zero-order chi connectivity index (χ0) is 23.8. The average molecular weight is 485 g/mol. The maximum atomic E-state index is 13.3. The van der Waals surface area contributed by atoms with Gasteiger partial charge in [-0.1, -0.05) is 37.6 Å². The summed E-state index contributed by atoms with van der Waals surface area (Å²) in [5.74, 6) is -0.660. The van der Waals surface area contributed by atoms with Crippen LogP contribution in [-0.4, -0.2) is 45.6 Å². The molecular weight excluding hydrogens is 460 g/mol. The highest BCUT2D eigenvalue weighted by Gasteiger charge is 2.37. The highest BCUT2D eigenvalue weighted by atomic mass is 35.5. The molecule has 172 valence electrons. The molecule has 4 rings (SSSR count). The van der Waals surface area contributed by atoms with E-state index >= 15 is 0 Å². The molecule has 3 aromatic rings. The quantitative estimate of drug-likeness (QED) is 0.541. The number of pyridine rings is 2. The molecule has 0 aliphatic carbocycles. The SMILES string of the molecule is CSc1ccnc2c1cc(C(=O)NCc1ccc(Cl)cc1)c(=O)n2CC(=O)N1CC(C)(C)C1. The lowest BCUT2D eigenvalue weighted by Gasteiger charge is -2.45. The molecule has 1 aliphatic heterocycles. The van der Waals surface area contributed by atoms with Crippen LogP contribution in [-0.2, 0) is 17.9 Å². The summed E-state index contributed by atoms with van der Waals surface area (Å²) in [6.45, 7) is 5.56. The van der Waals surface area contributed by atoms with Crippen LogP contribution in [0.15, 0.2) is 52.3 Å². The first-order valence-corrected chi connectivity index (χ1v) is 12.2. The van der Waals surface area contributed by atoms with Crippen molar-refractivity contribution in [1.82, 2.24) is 19.8 Å². The highest BCUT2D eigenvalue weighted by Crippen LogP contribution is 2.29. The third-order valence-electron chi connectivity index (χ3n) is 5.66. The molecule has 1 saturated heterocycles. The summed E-state index contributed by atoms with van der Waals surface area (Å²) in [5, 5.41) is 4.07. The molecule has 2 aromatic heterocycles. The van der Waals surface area contributed by atoms with E-state index in [1.807, 2.05) is 24.5 Å². The van der Waals surface area contributed by atoms with Crippen LogP contribution in [0.1, 0.15) is 29.8 Å². The normalized spacial score (nSPS) is 14.7. The molecule has 1 aromatic carbocycles. The fraction of sp³-hybridized carbons (Fsp3) is 0.333. The first kappa shape index (κ1) is 23.3. The summed E-state index contributed by atoms with van der Waals surface area (Å²) in [6, 6.07) is 10.5. The molecule has 0 unspecified atom stereocenters. The molecule has 0 atom stereocenters. The first-order chi connectivity index (χ1) is 15.7. The minimum absolute atomic E-state index is 0.0171. The van der Waals surface area contributed by atoms with Crippen molar-refractivity contribution in [2.24, 2.45) is 5.41 Å². The summed E-state index contributed by atoms with van der Waals surface area (Å²) < 4.78 is 1.32. The van der Waals surface area contributed by atoms with Gasteiger partial charge < -0.3 is 10.2 Å². The molecule has 9 heteroatoms. The van der Waals surface area contributed by atoms with Crippen molar-refractivity contribution < 1.29 is 9.59 Å². The van der Waals surface area contributed by atoms with E-state index in [9.17, 15) is 14.4 Å². The predicted octanol–water partition coefficient (Wildman–Crippen LogP) is 3.57. The Labute approximate surface area is 201 Å². The number of carbonyl (C=O) groups excluding carboxylic acids is 2. The number of fused-ring (bicyclic) bond motifs is 1. The Bertz CT molecular complexity index is 1280. The van der Waals surface area contributed by atoms with Crippen LogP contribution in [0.4, 0.5) is 0 Å². The Kier molecular flexibility index (Phi) is 6.50. The second kappa shape index (κ2) is 9.19. The highest BCUT2D eigenvalue weighted by molar-refractivity contribution is 7.98. The molecule has 33 heavy (non-hydrogen) atoms. The third kappa shape index (κ3) is 4.91. The van der Waals surface area contributed by atoms with Crippen molar-refractivity contribution in [3.8, 4) is 0 Å². The van der Waals surface area contributed by atoms with Crippen LogP contribution >= 0.6 is 23.4 Å². The lowest BCUT2D eigenvalue weighted by molar-refractivity contribution is -0.142. The molecule has 0 saturated carbocycles. The van der Waals surface area contributed by atoms with Gasteiger partial charge in [0, 0.05) is 41.1 Å². The maximum Gasteiger partial charge on any atom is 0.265 e. The number of halogens is 1. The van der Waals surface area contributed by atoms with Crippen molar-refractivity contribution in [1.29, 1.82) is 0 Å². The number of benzene rings is 1. The molecule has 0 bridgehead atoms. The van der Waals surface area contributed by atoms with Gasteiger partial charge in [0.2, 0.25) is 5.91 Å². The molecule has 1 fully saturated rings. The van der Waals surface area contributed by atoms with Crippen LogP contribution in [0.3, 0.4) is 0 Å². The number of hydrogen-bond acceptors (Lipinski definition) is 5. The Morgan fingerprint density at radius 3 is 2.52 bits per heavy atom. The van der Waals surface area contributed by atoms with Crippen LogP contribution in [0.5, 0.6) is 0 Å². The van der Waals surface area contributed by atoms with E-state index in [0.29, 0.717) is 29.1 Å². The zero-order valence-electron chi connectivity index (χ0n) is 18.7. The van der Waals surface area contributed by atoms with Gasteiger partial charge in [-0.3, -0.25) is 19.0 Å². The van der Waals surface area contributed by atoms with Crippen LogP contribution in [0, 0.1) is 5.41 Å². The smallest absolute Gasteiger partial charge is 0.265 e. The number of amides is 2. The van der Waals surface area contributed by atoms with E-state index < -0.39 is 11.5 Å². The van der Waals surface area contributed by atoms with Crippen molar-refractivity contribution in [3.05, 3.63) is 69.1 Å². The summed E-state index contributed by atoms with van der Waals surface area (Å²) in [7, 11) is 0. The van der Waals surface area contributed by atoms with Gasteiger partial charge in [-0.2, -0.15) is 0 Å². The number of nitrogens with one attached hydrogen (secondary N) is 1. The van der Waals surface area contributed by atoms with Gasteiger partial charge in [0.05, 0.1) is 0 Å². The van der Waals surface area contributed by atoms with E-state index in [1.54, 1.807) is 29.3 Å². The minimum atomic E-state index is -0.532.